The quantitative estimate of drug-likeness (QED) is 0.849. The first kappa shape index (κ1) is 15.3. The topological polar surface area (TPSA) is 49.9 Å². The van der Waals surface area contributed by atoms with Gasteiger partial charge in [-0.2, -0.15) is 0 Å². The number of ether oxygens (including phenoxy) is 1. The third kappa shape index (κ3) is 2.71. The largest absolute Gasteiger partial charge is 0.383 e. The Labute approximate surface area is 134 Å². The van der Waals surface area contributed by atoms with E-state index in [1.165, 1.54) is 0 Å². The van der Waals surface area contributed by atoms with Crippen LogP contribution in [-0.2, 0) is 9.53 Å². The van der Waals surface area contributed by atoms with Gasteiger partial charge in [-0.05, 0) is 24.6 Å². The van der Waals surface area contributed by atoms with Crippen molar-refractivity contribution < 1.29 is 14.3 Å². The minimum absolute atomic E-state index is 0.0316. The van der Waals surface area contributed by atoms with Crippen molar-refractivity contribution in [1.82, 2.24) is 9.80 Å². The Morgan fingerprint density at radius 3 is 2.95 bits per heavy atom. The van der Waals surface area contributed by atoms with E-state index in [4.69, 9.17) is 16.3 Å². The predicted octanol–water partition coefficient (Wildman–Crippen LogP) is 1.80. The molecule has 1 aromatic carbocycles. The number of hydrogen-bond acceptors (Lipinski definition) is 3. The van der Waals surface area contributed by atoms with Crippen molar-refractivity contribution in [2.45, 2.75) is 24.9 Å². The van der Waals surface area contributed by atoms with Crippen LogP contribution in [0.25, 0.3) is 0 Å². The standard InChI is InChI=1S/C16H19ClN2O3/c1-22-8-7-18-13-5-6-19(14(13)10-15(18)20)16(21)11-3-2-4-12(17)9-11/h2-4,9,13-14H,5-8,10H2,1H3. The SMILES string of the molecule is COCCN1C(=O)CC2C1CCN2C(=O)c1cccc(Cl)c1. The van der Waals surface area contributed by atoms with Crippen LogP contribution in [0.2, 0.25) is 5.02 Å². The maximum atomic E-state index is 12.7. The van der Waals surface area contributed by atoms with Crippen LogP contribution in [0.4, 0.5) is 0 Å². The number of likely N-dealkylation sites (tertiary alicyclic amines) is 2. The Hall–Kier alpha value is -1.59. The summed E-state index contributed by atoms with van der Waals surface area (Å²) >= 11 is 5.96. The normalized spacial score (nSPS) is 24.0. The zero-order chi connectivity index (χ0) is 15.7. The van der Waals surface area contributed by atoms with E-state index in [2.05, 4.69) is 0 Å². The summed E-state index contributed by atoms with van der Waals surface area (Å²) in [6.45, 7) is 1.80. The molecular formula is C16H19ClN2O3. The van der Waals surface area contributed by atoms with E-state index < -0.39 is 0 Å². The van der Waals surface area contributed by atoms with E-state index in [0.717, 1.165) is 6.42 Å². The average Bonchev–Trinajstić information content (AvgIpc) is 3.03. The number of carbonyl (C=O) groups is 2. The molecule has 2 amide bonds. The van der Waals surface area contributed by atoms with Crippen molar-refractivity contribution in [3.8, 4) is 0 Å². The molecule has 6 heteroatoms. The minimum Gasteiger partial charge on any atom is -0.383 e. The summed E-state index contributed by atoms with van der Waals surface area (Å²) in [6.07, 6.45) is 1.23. The highest BCUT2D eigenvalue weighted by Gasteiger charge is 2.48. The van der Waals surface area contributed by atoms with Crippen molar-refractivity contribution >= 4 is 23.4 Å². The van der Waals surface area contributed by atoms with Gasteiger partial charge >= 0.3 is 0 Å². The number of methoxy groups -OCH3 is 1. The zero-order valence-corrected chi connectivity index (χ0v) is 13.3. The Balaban J connectivity index is 1.75. The lowest BCUT2D eigenvalue weighted by atomic mass is 10.1. The number of fused-ring (bicyclic) bond motifs is 1. The molecule has 5 nitrogen and oxygen atoms in total. The molecule has 1 aromatic rings. The molecule has 2 fully saturated rings. The van der Waals surface area contributed by atoms with Crippen molar-refractivity contribution in [2.75, 3.05) is 26.8 Å². The lowest BCUT2D eigenvalue weighted by molar-refractivity contribution is -0.129. The van der Waals surface area contributed by atoms with Crippen LogP contribution in [0.3, 0.4) is 0 Å². The molecule has 2 aliphatic heterocycles. The molecule has 2 atom stereocenters. The fourth-order valence-electron chi connectivity index (χ4n) is 3.45. The Kier molecular flexibility index (Phi) is 4.36. The molecule has 0 N–H and O–H groups in total. The van der Waals surface area contributed by atoms with E-state index in [9.17, 15) is 9.59 Å². The van der Waals surface area contributed by atoms with Gasteiger partial charge in [-0.25, -0.2) is 0 Å². The molecular weight excluding hydrogens is 304 g/mol. The maximum Gasteiger partial charge on any atom is 0.254 e. The van der Waals surface area contributed by atoms with Crippen molar-refractivity contribution in [1.29, 1.82) is 0 Å². The first-order valence-electron chi connectivity index (χ1n) is 7.46. The number of benzene rings is 1. The number of rotatable bonds is 4. The van der Waals surface area contributed by atoms with Gasteiger partial charge in [-0.15, -0.1) is 0 Å². The number of hydrogen-bond donors (Lipinski definition) is 0. The number of carbonyl (C=O) groups excluding carboxylic acids is 2. The molecule has 118 valence electrons. The summed E-state index contributed by atoms with van der Waals surface area (Å²) < 4.78 is 5.07. The van der Waals surface area contributed by atoms with Crippen LogP contribution in [-0.4, -0.2) is 60.5 Å². The van der Waals surface area contributed by atoms with Gasteiger partial charge in [0.15, 0.2) is 0 Å². The molecule has 2 unspecified atom stereocenters. The molecule has 2 aliphatic rings. The Bertz CT molecular complexity index is 593. The van der Waals surface area contributed by atoms with E-state index >= 15 is 0 Å². The summed E-state index contributed by atoms with van der Waals surface area (Å²) in [5, 5.41) is 0.547. The van der Waals surface area contributed by atoms with Gasteiger partial charge in [0.2, 0.25) is 5.91 Å². The lowest BCUT2D eigenvalue weighted by Gasteiger charge is -2.25. The second-order valence-electron chi connectivity index (χ2n) is 5.72. The number of amides is 2. The van der Waals surface area contributed by atoms with Gasteiger partial charge in [0.25, 0.3) is 5.91 Å². The molecule has 0 aromatic heterocycles. The van der Waals surface area contributed by atoms with Gasteiger partial charge in [-0.1, -0.05) is 17.7 Å². The Morgan fingerprint density at radius 2 is 2.23 bits per heavy atom. The van der Waals surface area contributed by atoms with Crippen LogP contribution in [0.5, 0.6) is 0 Å². The number of halogens is 1. The first-order valence-corrected chi connectivity index (χ1v) is 7.84. The smallest absolute Gasteiger partial charge is 0.254 e. The van der Waals surface area contributed by atoms with Crippen LogP contribution in [0, 0.1) is 0 Å². The van der Waals surface area contributed by atoms with E-state index in [-0.39, 0.29) is 23.9 Å². The molecule has 0 spiro atoms. The monoisotopic (exact) mass is 322 g/mol. The van der Waals surface area contributed by atoms with Crippen LogP contribution < -0.4 is 0 Å². The van der Waals surface area contributed by atoms with Crippen LogP contribution in [0.1, 0.15) is 23.2 Å². The zero-order valence-electron chi connectivity index (χ0n) is 12.5. The molecule has 0 aliphatic carbocycles. The van der Waals surface area contributed by atoms with E-state index in [1.807, 2.05) is 9.80 Å². The van der Waals surface area contributed by atoms with Gasteiger partial charge in [-0.3, -0.25) is 9.59 Å². The second-order valence-corrected chi connectivity index (χ2v) is 6.15. The fourth-order valence-corrected chi connectivity index (χ4v) is 3.64. The Morgan fingerprint density at radius 1 is 1.41 bits per heavy atom. The second kappa shape index (κ2) is 6.26. The summed E-state index contributed by atoms with van der Waals surface area (Å²) in [7, 11) is 1.63. The summed E-state index contributed by atoms with van der Waals surface area (Å²) in [5.41, 5.74) is 0.580. The molecule has 0 bridgehead atoms. The summed E-state index contributed by atoms with van der Waals surface area (Å²) in [6, 6.07) is 7.05. The third-order valence-electron chi connectivity index (χ3n) is 4.48. The summed E-state index contributed by atoms with van der Waals surface area (Å²) in [5.74, 6) is 0.0621. The molecule has 0 saturated carbocycles. The van der Waals surface area contributed by atoms with Gasteiger partial charge in [0.05, 0.1) is 18.7 Å². The first-order chi connectivity index (χ1) is 10.6. The molecule has 2 saturated heterocycles. The summed E-state index contributed by atoms with van der Waals surface area (Å²) in [4.78, 5) is 28.5. The highest BCUT2D eigenvalue weighted by atomic mass is 35.5. The van der Waals surface area contributed by atoms with Crippen LogP contribution in [0.15, 0.2) is 24.3 Å². The molecule has 22 heavy (non-hydrogen) atoms. The van der Waals surface area contributed by atoms with Crippen molar-refractivity contribution in [3.05, 3.63) is 34.9 Å². The molecule has 0 radical (unpaired) electrons. The highest BCUT2D eigenvalue weighted by Crippen LogP contribution is 2.33. The van der Waals surface area contributed by atoms with Crippen LogP contribution >= 0.6 is 11.6 Å². The van der Waals surface area contributed by atoms with Gasteiger partial charge in [0, 0.05) is 37.2 Å². The van der Waals surface area contributed by atoms with Gasteiger partial charge in [0.1, 0.15) is 0 Å². The number of nitrogens with zero attached hydrogens (tertiary/aromatic N) is 2. The third-order valence-corrected chi connectivity index (χ3v) is 4.72. The maximum absolute atomic E-state index is 12.7. The predicted molar refractivity (Wildman–Crippen MR) is 82.9 cm³/mol. The molecule has 2 heterocycles. The fraction of sp³-hybridized carbons (Fsp3) is 0.500. The minimum atomic E-state index is -0.0450. The van der Waals surface area contributed by atoms with E-state index in [1.54, 1.807) is 31.4 Å². The average molecular weight is 323 g/mol. The van der Waals surface area contributed by atoms with Crippen molar-refractivity contribution in [2.24, 2.45) is 0 Å². The molecule has 3 rings (SSSR count). The van der Waals surface area contributed by atoms with Crippen molar-refractivity contribution in [3.63, 3.8) is 0 Å². The van der Waals surface area contributed by atoms with E-state index in [0.29, 0.717) is 36.7 Å². The highest BCUT2D eigenvalue weighted by molar-refractivity contribution is 6.30. The lowest BCUT2D eigenvalue weighted by Crippen LogP contribution is -2.40. The van der Waals surface area contributed by atoms with Gasteiger partial charge < -0.3 is 14.5 Å².